The van der Waals surface area contributed by atoms with Gasteiger partial charge < -0.3 is 15.6 Å². The van der Waals surface area contributed by atoms with E-state index in [0.29, 0.717) is 24.3 Å². The van der Waals surface area contributed by atoms with Crippen molar-refractivity contribution < 1.29 is 24.2 Å². The van der Waals surface area contributed by atoms with Crippen LogP contribution in [0.3, 0.4) is 0 Å². The van der Waals surface area contributed by atoms with Crippen molar-refractivity contribution in [3.8, 4) is 0 Å². The minimum atomic E-state index is -1.23. The average molecular weight is 288 g/mol. The molecule has 0 fully saturated rings. The largest absolute Gasteiger partial charge is 0.480 e. The molecule has 0 rings (SSSR count). The summed E-state index contributed by atoms with van der Waals surface area (Å²) in [6, 6.07) is -1.23. The number of ether oxygens (including phenoxy) is 1. The van der Waals surface area contributed by atoms with E-state index >= 15 is 0 Å². The SMILES string of the molecule is CC(=O)N(C(=O)OC(C)(C)C)[C@@H](CCCCN)C(=O)O. The molecule has 3 N–H and O–H groups in total. The minimum absolute atomic E-state index is 0.158. The van der Waals surface area contributed by atoms with Gasteiger partial charge in [-0.05, 0) is 46.6 Å². The number of imide groups is 1. The molecule has 0 bridgehead atoms. The highest BCUT2D eigenvalue weighted by molar-refractivity contribution is 5.95. The standard InChI is InChI=1S/C13H24N2O5/c1-9(16)15(12(19)20-13(2,3)4)10(11(17)18)7-5-6-8-14/h10H,5-8,14H2,1-4H3,(H,17,18)/t10-/m0/s1. The molecular formula is C13H24N2O5. The molecule has 116 valence electrons. The first-order valence-electron chi connectivity index (χ1n) is 6.55. The molecule has 0 aliphatic carbocycles. The van der Waals surface area contributed by atoms with E-state index in [0.717, 1.165) is 6.92 Å². The third kappa shape index (κ3) is 6.51. The fourth-order valence-electron chi connectivity index (χ4n) is 1.63. The van der Waals surface area contributed by atoms with Crippen molar-refractivity contribution in [2.45, 2.75) is 58.6 Å². The molecule has 0 aromatic carbocycles. The van der Waals surface area contributed by atoms with E-state index in [1.807, 2.05) is 0 Å². The second-order valence-corrected chi connectivity index (χ2v) is 5.51. The predicted molar refractivity (Wildman–Crippen MR) is 73.1 cm³/mol. The highest BCUT2D eigenvalue weighted by atomic mass is 16.6. The Bertz CT molecular complexity index is 362. The maximum atomic E-state index is 12.0. The summed E-state index contributed by atoms with van der Waals surface area (Å²) in [6.07, 6.45) is 0.361. The lowest BCUT2D eigenvalue weighted by atomic mass is 10.1. The third-order valence-corrected chi connectivity index (χ3v) is 2.46. The van der Waals surface area contributed by atoms with Crippen LogP contribution in [-0.4, -0.2) is 46.2 Å². The number of hydrogen-bond acceptors (Lipinski definition) is 5. The number of carbonyl (C=O) groups is 3. The Labute approximate surface area is 119 Å². The van der Waals surface area contributed by atoms with Crippen molar-refractivity contribution in [2.75, 3.05) is 6.54 Å². The molecule has 7 nitrogen and oxygen atoms in total. The minimum Gasteiger partial charge on any atom is -0.480 e. The van der Waals surface area contributed by atoms with E-state index in [9.17, 15) is 19.5 Å². The summed E-state index contributed by atoms with van der Waals surface area (Å²) in [6.45, 7) is 6.51. The lowest BCUT2D eigenvalue weighted by Crippen LogP contribution is -2.49. The number of carboxylic acids is 1. The van der Waals surface area contributed by atoms with Crippen molar-refractivity contribution in [1.82, 2.24) is 4.90 Å². The maximum absolute atomic E-state index is 12.0. The summed E-state index contributed by atoms with van der Waals surface area (Å²) in [5, 5.41) is 9.21. The lowest BCUT2D eigenvalue weighted by Gasteiger charge is -2.29. The molecule has 0 saturated heterocycles. The number of aliphatic carboxylic acids is 1. The van der Waals surface area contributed by atoms with E-state index in [4.69, 9.17) is 10.5 Å². The number of carboxylic acid groups (broad SMARTS) is 1. The normalized spacial score (nSPS) is 12.7. The highest BCUT2D eigenvalue weighted by Crippen LogP contribution is 2.16. The Morgan fingerprint density at radius 1 is 1.25 bits per heavy atom. The molecule has 2 amide bonds. The molecule has 0 saturated carbocycles. The zero-order chi connectivity index (χ0) is 15.9. The van der Waals surface area contributed by atoms with Crippen LogP contribution in [0.15, 0.2) is 0 Å². The maximum Gasteiger partial charge on any atom is 0.417 e. The van der Waals surface area contributed by atoms with Gasteiger partial charge in [0.1, 0.15) is 11.6 Å². The number of nitrogens with zero attached hydrogens (tertiary/aromatic N) is 1. The molecule has 0 radical (unpaired) electrons. The molecule has 1 atom stereocenters. The molecule has 0 unspecified atom stereocenters. The van der Waals surface area contributed by atoms with Crippen LogP contribution in [0.2, 0.25) is 0 Å². The fraction of sp³-hybridized carbons (Fsp3) is 0.769. The van der Waals surface area contributed by atoms with Crippen molar-refractivity contribution in [2.24, 2.45) is 5.73 Å². The predicted octanol–water partition coefficient (Wildman–Crippen LogP) is 1.35. The Hall–Kier alpha value is -1.63. The molecule has 0 aromatic heterocycles. The second kappa shape index (κ2) is 7.84. The molecular weight excluding hydrogens is 264 g/mol. The zero-order valence-corrected chi connectivity index (χ0v) is 12.5. The number of amides is 2. The van der Waals surface area contributed by atoms with Crippen molar-refractivity contribution >= 4 is 18.0 Å². The monoisotopic (exact) mass is 288 g/mol. The van der Waals surface area contributed by atoms with Crippen LogP contribution < -0.4 is 5.73 Å². The molecule has 0 heterocycles. The molecule has 0 aliphatic heterocycles. The van der Waals surface area contributed by atoms with Crippen LogP contribution in [-0.2, 0) is 14.3 Å². The topological polar surface area (TPSA) is 110 Å². The number of unbranched alkanes of at least 4 members (excludes halogenated alkanes) is 1. The van der Waals surface area contributed by atoms with Crippen molar-refractivity contribution in [1.29, 1.82) is 0 Å². The van der Waals surface area contributed by atoms with Crippen molar-refractivity contribution in [3.63, 3.8) is 0 Å². The summed E-state index contributed by atoms with van der Waals surface area (Å²) < 4.78 is 5.08. The summed E-state index contributed by atoms with van der Waals surface area (Å²) in [4.78, 5) is 35.5. The second-order valence-electron chi connectivity index (χ2n) is 5.51. The van der Waals surface area contributed by atoms with Crippen LogP contribution in [0.25, 0.3) is 0 Å². The molecule has 0 spiro atoms. The van der Waals surface area contributed by atoms with Gasteiger partial charge in [0.25, 0.3) is 0 Å². The Kier molecular flexibility index (Phi) is 7.20. The van der Waals surface area contributed by atoms with Gasteiger partial charge in [0, 0.05) is 6.92 Å². The van der Waals surface area contributed by atoms with Gasteiger partial charge in [0.2, 0.25) is 5.91 Å². The third-order valence-electron chi connectivity index (χ3n) is 2.46. The summed E-state index contributed by atoms with van der Waals surface area (Å²) >= 11 is 0. The van der Waals surface area contributed by atoms with Gasteiger partial charge in [0.15, 0.2) is 0 Å². The smallest absolute Gasteiger partial charge is 0.417 e. The Morgan fingerprint density at radius 3 is 2.15 bits per heavy atom. The molecule has 0 aromatic rings. The van der Waals surface area contributed by atoms with Crippen LogP contribution in [0.5, 0.6) is 0 Å². The number of hydrogen-bond donors (Lipinski definition) is 2. The molecule has 20 heavy (non-hydrogen) atoms. The van der Waals surface area contributed by atoms with Crippen LogP contribution in [0.4, 0.5) is 4.79 Å². The van der Waals surface area contributed by atoms with Crippen LogP contribution in [0, 0.1) is 0 Å². The van der Waals surface area contributed by atoms with Gasteiger partial charge in [0.05, 0.1) is 0 Å². The highest BCUT2D eigenvalue weighted by Gasteiger charge is 2.35. The van der Waals surface area contributed by atoms with Gasteiger partial charge in [-0.25, -0.2) is 14.5 Å². The first-order chi connectivity index (χ1) is 9.10. The van der Waals surface area contributed by atoms with Gasteiger partial charge in [-0.3, -0.25) is 4.79 Å². The average Bonchev–Trinajstić information content (AvgIpc) is 2.24. The first-order valence-corrected chi connectivity index (χ1v) is 6.55. The van der Waals surface area contributed by atoms with Gasteiger partial charge >= 0.3 is 12.1 Å². The summed E-state index contributed by atoms with van der Waals surface area (Å²) in [5.74, 6) is -1.89. The van der Waals surface area contributed by atoms with Gasteiger partial charge in [-0.15, -0.1) is 0 Å². The number of carbonyl (C=O) groups excluding carboxylic acids is 2. The van der Waals surface area contributed by atoms with Crippen LogP contribution in [0.1, 0.15) is 47.0 Å². The van der Waals surface area contributed by atoms with E-state index in [-0.39, 0.29) is 6.42 Å². The number of rotatable bonds is 6. The quantitative estimate of drug-likeness (QED) is 0.714. The Morgan fingerprint density at radius 2 is 1.80 bits per heavy atom. The summed E-state index contributed by atoms with van der Waals surface area (Å²) in [7, 11) is 0. The Balaban J connectivity index is 5.04. The fourth-order valence-corrected chi connectivity index (χ4v) is 1.63. The van der Waals surface area contributed by atoms with E-state index < -0.39 is 29.6 Å². The van der Waals surface area contributed by atoms with E-state index in [1.54, 1.807) is 20.8 Å². The van der Waals surface area contributed by atoms with Gasteiger partial charge in [-0.1, -0.05) is 0 Å². The molecule has 7 heteroatoms. The first kappa shape index (κ1) is 18.4. The van der Waals surface area contributed by atoms with Crippen molar-refractivity contribution in [3.05, 3.63) is 0 Å². The number of nitrogens with two attached hydrogens (primary N) is 1. The van der Waals surface area contributed by atoms with Crippen LogP contribution >= 0.6 is 0 Å². The zero-order valence-electron chi connectivity index (χ0n) is 12.5. The van der Waals surface area contributed by atoms with E-state index in [2.05, 4.69) is 0 Å². The lowest BCUT2D eigenvalue weighted by molar-refractivity contribution is -0.149. The van der Waals surface area contributed by atoms with E-state index in [1.165, 1.54) is 0 Å². The summed E-state index contributed by atoms with van der Waals surface area (Å²) in [5.41, 5.74) is 4.55. The molecule has 0 aliphatic rings. The van der Waals surface area contributed by atoms with Gasteiger partial charge in [-0.2, -0.15) is 0 Å².